The maximum atomic E-state index is 10.2. The van der Waals surface area contributed by atoms with E-state index in [9.17, 15) is 9.90 Å². The molecule has 0 spiro atoms. The SMILES string of the molecule is CCC(CC)C(O)CCC(=O)O. The molecule has 0 aromatic rings. The van der Waals surface area contributed by atoms with Crippen molar-refractivity contribution in [2.45, 2.75) is 45.6 Å². The molecule has 0 amide bonds. The quantitative estimate of drug-likeness (QED) is 0.643. The van der Waals surface area contributed by atoms with Gasteiger partial charge in [0.25, 0.3) is 0 Å². The second-order valence-corrected chi connectivity index (χ2v) is 3.08. The predicted molar refractivity (Wildman–Crippen MR) is 46.9 cm³/mol. The van der Waals surface area contributed by atoms with Gasteiger partial charge in [0.15, 0.2) is 0 Å². The minimum Gasteiger partial charge on any atom is -0.481 e. The molecule has 1 unspecified atom stereocenters. The van der Waals surface area contributed by atoms with E-state index in [0.29, 0.717) is 6.42 Å². The number of hydrogen-bond acceptors (Lipinski definition) is 2. The molecule has 72 valence electrons. The maximum Gasteiger partial charge on any atom is 0.303 e. The lowest BCUT2D eigenvalue weighted by molar-refractivity contribution is -0.137. The normalized spacial score (nSPS) is 13.3. The molecule has 0 aromatic carbocycles. The Morgan fingerprint density at radius 2 is 1.83 bits per heavy atom. The van der Waals surface area contributed by atoms with Crippen molar-refractivity contribution < 1.29 is 15.0 Å². The summed E-state index contributed by atoms with van der Waals surface area (Å²) in [5.41, 5.74) is 0. The van der Waals surface area contributed by atoms with E-state index in [-0.39, 0.29) is 12.3 Å². The minimum atomic E-state index is -0.833. The fourth-order valence-corrected chi connectivity index (χ4v) is 1.34. The summed E-state index contributed by atoms with van der Waals surface area (Å²) >= 11 is 0. The van der Waals surface area contributed by atoms with E-state index in [4.69, 9.17) is 5.11 Å². The maximum absolute atomic E-state index is 10.2. The smallest absolute Gasteiger partial charge is 0.303 e. The summed E-state index contributed by atoms with van der Waals surface area (Å²) in [7, 11) is 0. The highest BCUT2D eigenvalue weighted by molar-refractivity contribution is 5.66. The highest BCUT2D eigenvalue weighted by Gasteiger charge is 2.15. The van der Waals surface area contributed by atoms with Gasteiger partial charge < -0.3 is 10.2 Å². The zero-order valence-electron chi connectivity index (χ0n) is 7.79. The van der Waals surface area contributed by atoms with E-state index in [0.717, 1.165) is 12.8 Å². The standard InChI is InChI=1S/C9H18O3/c1-3-7(4-2)8(10)5-6-9(11)12/h7-8,10H,3-6H2,1-2H3,(H,11,12). The third kappa shape index (κ3) is 4.34. The topological polar surface area (TPSA) is 57.5 Å². The molecule has 3 heteroatoms. The van der Waals surface area contributed by atoms with Gasteiger partial charge in [-0.1, -0.05) is 26.7 Å². The van der Waals surface area contributed by atoms with Crippen molar-refractivity contribution in [3.63, 3.8) is 0 Å². The van der Waals surface area contributed by atoms with Gasteiger partial charge in [0.1, 0.15) is 0 Å². The van der Waals surface area contributed by atoms with Gasteiger partial charge in [0, 0.05) is 6.42 Å². The van der Waals surface area contributed by atoms with Crippen LogP contribution in [0, 0.1) is 5.92 Å². The van der Waals surface area contributed by atoms with Gasteiger partial charge in [-0.15, -0.1) is 0 Å². The van der Waals surface area contributed by atoms with E-state index in [2.05, 4.69) is 0 Å². The number of aliphatic carboxylic acids is 1. The number of carboxylic acids is 1. The fraction of sp³-hybridized carbons (Fsp3) is 0.889. The molecule has 0 fully saturated rings. The van der Waals surface area contributed by atoms with Crippen LogP contribution in [0.4, 0.5) is 0 Å². The number of hydrogen-bond donors (Lipinski definition) is 2. The molecular formula is C9H18O3. The van der Waals surface area contributed by atoms with Gasteiger partial charge in [-0.3, -0.25) is 4.79 Å². The fourth-order valence-electron chi connectivity index (χ4n) is 1.34. The average Bonchev–Trinajstić information content (AvgIpc) is 2.03. The molecule has 12 heavy (non-hydrogen) atoms. The van der Waals surface area contributed by atoms with Crippen molar-refractivity contribution in [3.05, 3.63) is 0 Å². The first-order valence-corrected chi connectivity index (χ1v) is 4.51. The van der Waals surface area contributed by atoms with Crippen molar-refractivity contribution in [3.8, 4) is 0 Å². The Bertz CT molecular complexity index is 130. The molecule has 3 nitrogen and oxygen atoms in total. The lowest BCUT2D eigenvalue weighted by Crippen LogP contribution is -2.20. The monoisotopic (exact) mass is 174 g/mol. The van der Waals surface area contributed by atoms with Gasteiger partial charge in [-0.2, -0.15) is 0 Å². The van der Waals surface area contributed by atoms with Crippen LogP contribution < -0.4 is 0 Å². The van der Waals surface area contributed by atoms with Crippen LogP contribution >= 0.6 is 0 Å². The van der Waals surface area contributed by atoms with Crippen LogP contribution in [-0.2, 0) is 4.79 Å². The number of aliphatic hydroxyl groups is 1. The first-order chi connectivity index (χ1) is 5.61. The second-order valence-electron chi connectivity index (χ2n) is 3.08. The van der Waals surface area contributed by atoms with Crippen molar-refractivity contribution >= 4 is 5.97 Å². The summed E-state index contributed by atoms with van der Waals surface area (Å²) in [6.07, 6.45) is 1.82. The lowest BCUT2D eigenvalue weighted by atomic mass is 9.93. The van der Waals surface area contributed by atoms with E-state index in [1.807, 2.05) is 13.8 Å². The molecule has 0 aliphatic rings. The number of carbonyl (C=O) groups is 1. The molecule has 2 N–H and O–H groups in total. The van der Waals surface area contributed by atoms with Crippen LogP contribution in [0.3, 0.4) is 0 Å². The third-order valence-corrected chi connectivity index (χ3v) is 2.25. The average molecular weight is 174 g/mol. The summed E-state index contributed by atoms with van der Waals surface area (Å²) < 4.78 is 0. The molecule has 0 aromatic heterocycles. The van der Waals surface area contributed by atoms with Gasteiger partial charge >= 0.3 is 5.97 Å². The molecule has 0 radical (unpaired) electrons. The Hall–Kier alpha value is -0.570. The van der Waals surface area contributed by atoms with E-state index < -0.39 is 12.1 Å². The molecular weight excluding hydrogens is 156 g/mol. The van der Waals surface area contributed by atoms with E-state index in [1.165, 1.54) is 0 Å². The Kier molecular flexibility index (Phi) is 5.72. The Labute approximate surface area is 73.4 Å². The molecule has 1 atom stereocenters. The van der Waals surface area contributed by atoms with Crippen LogP contribution in [-0.4, -0.2) is 22.3 Å². The Balaban J connectivity index is 3.68. The summed E-state index contributed by atoms with van der Waals surface area (Å²) in [6, 6.07) is 0. The number of aliphatic hydroxyl groups excluding tert-OH is 1. The third-order valence-electron chi connectivity index (χ3n) is 2.25. The van der Waals surface area contributed by atoms with Crippen molar-refractivity contribution in [1.29, 1.82) is 0 Å². The molecule has 0 heterocycles. The van der Waals surface area contributed by atoms with Crippen molar-refractivity contribution in [2.75, 3.05) is 0 Å². The highest BCUT2D eigenvalue weighted by Crippen LogP contribution is 2.16. The molecule has 0 aliphatic heterocycles. The minimum absolute atomic E-state index is 0.0671. The molecule has 0 saturated carbocycles. The van der Waals surface area contributed by atoms with Crippen molar-refractivity contribution in [2.24, 2.45) is 5.92 Å². The zero-order chi connectivity index (χ0) is 9.56. The summed E-state index contributed by atoms with van der Waals surface area (Å²) in [6.45, 7) is 4.02. The largest absolute Gasteiger partial charge is 0.481 e. The van der Waals surface area contributed by atoms with Crippen LogP contribution in [0.5, 0.6) is 0 Å². The van der Waals surface area contributed by atoms with Crippen LogP contribution in [0.15, 0.2) is 0 Å². The van der Waals surface area contributed by atoms with Gasteiger partial charge in [0.2, 0.25) is 0 Å². The summed E-state index contributed by atoms with van der Waals surface area (Å²) in [4.78, 5) is 10.2. The Morgan fingerprint density at radius 1 is 1.33 bits per heavy atom. The zero-order valence-corrected chi connectivity index (χ0v) is 7.79. The molecule has 0 saturated heterocycles. The second kappa shape index (κ2) is 6.00. The van der Waals surface area contributed by atoms with Crippen LogP contribution in [0.2, 0.25) is 0 Å². The van der Waals surface area contributed by atoms with Crippen molar-refractivity contribution in [1.82, 2.24) is 0 Å². The first kappa shape index (κ1) is 11.4. The molecule has 0 bridgehead atoms. The van der Waals surface area contributed by atoms with E-state index >= 15 is 0 Å². The molecule has 0 rings (SSSR count). The number of carboxylic acid groups (broad SMARTS) is 1. The predicted octanol–water partition coefficient (Wildman–Crippen LogP) is 1.65. The molecule has 0 aliphatic carbocycles. The van der Waals surface area contributed by atoms with Crippen LogP contribution in [0.25, 0.3) is 0 Å². The Morgan fingerprint density at radius 3 is 2.17 bits per heavy atom. The van der Waals surface area contributed by atoms with Crippen LogP contribution in [0.1, 0.15) is 39.5 Å². The van der Waals surface area contributed by atoms with Gasteiger partial charge in [-0.25, -0.2) is 0 Å². The first-order valence-electron chi connectivity index (χ1n) is 4.51. The summed E-state index contributed by atoms with van der Waals surface area (Å²) in [5.74, 6) is -0.579. The van der Waals surface area contributed by atoms with Gasteiger partial charge in [-0.05, 0) is 12.3 Å². The lowest BCUT2D eigenvalue weighted by Gasteiger charge is -2.18. The highest BCUT2D eigenvalue weighted by atomic mass is 16.4. The summed E-state index contributed by atoms with van der Waals surface area (Å²) in [5, 5.41) is 17.9. The van der Waals surface area contributed by atoms with Gasteiger partial charge in [0.05, 0.1) is 6.10 Å². The van der Waals surface area contributed by atoms with E-state index in [1.54, 1.807) is 0 Å². The number of rotatable bonds is 6.